The van der Waals surface area contributed by atoms with Gasteiger partial charge in [-0.2, -0.15) is 0 Å². The van der Waals surface area contributed by atoms with E-state index in [9.17, 15) is 9.59 Å². The van der Waals surface area contributed by atoms with Gasteiger partial charge in [-0.15, -0.1) is 0 Å². The maximum atomic E-state index is 13.3. The first kappa shape index (κ1) is 19.2. The summed E-state index contributed by atoms with van der Waals surface area (Å²) in [6, 6.07) is 9.74. The van der Waals surface area contributed by atoms with E-state index in [1.807, 2.05) is 49.4 Å². The number of rotatable bonds is 7. The molecule has 0 radical (unpaired) electrons. The largest absolute Gasteiger partial charge is 0.360 e. The Hall–Kier alpha value is -2.14. The number of fused-ring (bicyclic) bond motifs is 1. The van der Waals surface area contributed by atoms with Crippen LogP contribution in [0.1, 0.15) is 40.0 Å². The summed E-state index contributed by atoms with van der Waals surface area (Å²) >= 11 is 0. The zero-order valence-electron chi connectivity index (χ0n) is 16.9. The van der Waals surface area contributed by atoms with Crippen molar-refractivity contribution in [3.05, 3.63) is 42.5 Å². The van der Waals surface area contributed by atoms with Gasteiger partial charge < -0.3 is 15.0 Å². The van der Waals surface area contributed by atoms with Crippen molar-refractivity contribution in [3.8, 4) is 0 Å². The van der Waals surface area contributed by atoms with Crippen molar-refractivity contribution in [2.24, 2.45) is 17.8 Å². The van der Waals surface area contributed by atoms with Crippen molar-refractivity contribution in [3.63, 3.8) is 0 Å². The maximum absolute atomic E-state index is 13.3. The molecular weight excluding hydrogens is 352 g/mol. The van der Waals surface area contributed by atoms with E-state index in [1.54, 1.807) is 4.90 Å². The Labute approximate surface area is 167 Å². The van der Waals surface area contributed by atoms with Gasteiger partial charge in [-0.1, -0.05) is 57.0 Å². The molecule has 1 aromatic rings. The van der Waals surface area contributed by atoms with Crippen LogP contribution in [0.3, 0.4) is 0 Å². The van der Waals surface area contributed by atoms with Crippen molar-refractivity contribution in [1.29, 1.82) is 0 Å². The topological polar surface area (TPSA) is 58.6 Å². The molecule has 0 saturated carbocycles. The molecule has 0 unspecified atom stereocenters. The van der Waals surface area contributed by atoms with Crippen LogP contribution < -0.4 is 10.2 Å². The average molecular weight is 383 g/mol. The first-order valence-corrected chi connectivity index (χ1v) is 10.5. The van der Waals surface area contributed by atoms with E-state index in [4.69, 9.17) is 4.74 Å². The van der Waals surface area contributed by atoms with Gasteiger partial charge in [0.2, 0.25) is 11.8 Å². The van der Waals surface area contributed by atoms with Gasteiger partial charge in [-0.25, -0.2) is 0 Å². The standard InChI is InChI=1S/C23H30N2O3/c1-15(2)8-7-9-16(3)24-21(26)19-18-12-13-23(28-18)14-25(22(27)20(19)23)17-10-5-4-6-11-17/h4-6,10-13,15-16,18-20H,7-9,14H2,1-3H3,(H,24,26)/t16-,18-,19+,20+,23-/m1/s1. The summed E-state index contributed by atoms with van der Waals surface area (Å²) in [7, 11) is 0. The molecule has 4 rings (SSSR count). The second-order valence-corrected chi connectivity index (χ2v) is 8.89. The number of benzene rings is 1. The molecule has 1 spiro atoms. The lowest BCUT2D eigenvalue weighted by molar-refractivity contribution is -0.132. The fourth-order valence-corrected chi connectivity index (χ4v) is 4.87. The molecule has 0 aliphatic carbocycles. The number of carbonyl (C=O) groups is 2. The van der Waals surface area contributed by atoms with Gasteiger partial charge >= 0.3 is 0 Å². The van der Waals surface area contributed by atoms with Gasteiger partial charge in [0.1, 0.15) is 5.60 Å². The first-order chi connectivity index (χ1) is 13.4. The van der Waals surface area contributed by atoms with Crippen molar-refractivity contribution < 1.29 is 14.3 Å². The minimum absolute atomic E-state index is 0.00865. The van der Waals surface area contributed by atoms with E-state index in [-0.39, 0.29) is 24.0 Å². The molecule has 150 valence electrons. The molecule has 1 N–H and O–H groups in total. The van der Waals surface area contributed by atoms with Gasteiger partial charge in [-0.05, 0) is 31.4 Å². The smallest absolute Gasteiger partial charge is 0.234 e. The first-order valence-electron chi connectivity index (χ1n) is 10.5. The number of hydrogen-bond acceptors (Lipinski definition) is 3. The van der Waals surface area contributed by atoms with Crippen molar-refractivity contribution in [1.82, 2.24) is 5.32 Å². The molecule has 1 aromatic carbocycles. The van der Waals surface area contributed by atoms with E-state index in [2.05, 4.69) is 19.2 Å². The molecule has 5 atom stereocenters. The lowest BCUT2D eigenvalue weighted by Crippen LogP contribution is -2.46. The molecule has 3 aliphatic rings. The molecule has 2 bridgehead atoms. The number of ether oxygens (including phenoxy) is 1. The highest BCUT2D eigenvalue weighted by Gasteiger charge is 2.67. The number of hydrogen-bond donors (Lipinski definition) is 1. The minimum Gasteiger partial charge on any atom is -0.360 e. The van der Waals surface area contributed by atoms with Crippen LogP contribution in [0.15, 0.2) is 42.5 Å². The summed E-state index contributed by atoms with van der Waals surface area (Å²) in [6.07, 6.45) is 6.88. The molecule has 3 heterocycles. The predicted molar refractivity (Wildman–Crippen MR) is 109 cm³/mol. The average Bonchev–Trinajstić information content (AvgIpc) is 3.30. The predicted octanol–water partition coefficient (Wildman–Crippen LogP) is 3.30. The molecule has 3 aliphatic heterocycles. The quantitative estimate of drug-likeness (QED) is 0.736. The highest BCUT2D eigenvalue weighted by molar-refractivity contribution is 6.03. The fraction of sp³-hybridized carbons (Fsp3) is 0.565. The zero-order valence-corrected chi connectivity index (χ0v) is 16.9. The Morgan fingerprint density at radius 2 is 2.00 bits per heavy atom. The van der Waals surface area contributed by atoms with Gasteiger partial charge in [0.05, 0.1) is 24.5 Å². The summed E-state index contributed by atoms with van der Waals surface area (Å²) < 4.78 is 6.20. The van der Waals surface area contributed by atoms with E-state index >= 15 is 0 Å². The Morgan fingerprint density at radius 3 is 2.71 bits per heavy atom. The molecule has 2 amide bonds. The van der Waals surface area contributed by atoms with Crippen LogP contribution in [-0.2, 0) is 14.3 Å². The Morgan fingerprint density at radius 1 is 1.25 bits per heavy atom. The third kappa shape index (κ3) is 3.26. The lowest BCUT2D eigenvalue weighted by atomic mass is 9.76. The second-order valence-electron chi connectivity index (χ2n) is 8.89. The van der Waals surface area contributed by atoms with Crippen LogP contribution >= 0.6 is 0 Å². The van der Waals surface area contributed by atoms with Gasteiger partial charge in [0.25, 0.3) is 0 Å². The SMILES string of the molecule is CC(C)CCC[C@@H](C)NC(=O)[C@@H]1[C@H]2C(=O)N(c3ccccc3)C[C@]23C=C[C@H]1O3. The van der Waals surface area contributed by atoms with E-state index in [0.717, 1.165) is 24.9 Å². The molecule has 2 saturated heterocycles. The fourth-order valence-electron chi connectivity index (χ4n) is 4.87. The number of amides is 2. The van der Waals surface area contributed by atoms with Gasteiger partial charge in [0, 0.05) is 11.7 Å². The summed E-state index contributed by atoms with van der Waals surface area (Å²) in [5, 5.41) is 3.14. The monoisotopic (exact) mass is 382 g/mol. The van der Waals surface area contributed by atoms with Gasteiger partial charge in [0.15, 0.2) is 0 Å². The van der Waals surface area contributed by atoms with E-state index in [0.29, 0.717) is 12.5 Å². The van der Waals surface area contributed by atoms with Crippen LogP contribution in [0.5, 0.6) is 0 Å². The van der Waals surface area contributed by atoms with Gasteiger partial charge in [-0.3, -0.25) is 9.59 Å². The summed E-state index contributed by atoms with van der Waals surface area (Å²) in [4.78, 5) is 28.1. The highest BCUT2D eigenvalue weighted by atomic mass is 16.5. The molecular formula is C23H30N2O3. The normalized spacial score (nSPS) is 31.5. The zero-order chi connectivity index (χ0) is 19.9. The van der Waals surface area contributed by atoms with Crippen molar-refractivity contribution in [2.45, 2.75) is 57.8 Å². The number of nitrogens with zero attached hydrogens (tertiary/aromatic N) is 1. The molecule has 5 heteroatoms. The summed E-state index contributed by atoms with van der Waals surface area (Å²) in [5.74, 6) is -0.275. The third-order valence-corrected chi connectivity index (χ3v) is 6.28. The lowest BCUT2D eigenvalue weighted by Gasteiger charge is -2.25. The Balaban J connectivity index is 1.47. The van der Waals surface area contributed by atoms with Crippen molar-refractivity contribution >= 4 is 17.5 Å². The number of nitrogens with one attached hydrogen (secondary N) is 1. The van der Waals surface area contributed by atoms with Crippen LogP contribution in [0.25, 0.3) is 0 Å². The Bertz CT molecular complexity index is 775. The number of para-hydroxylation sites is 1. The third-order valence-electron chi connectivity index (χ3n) is 6.28. The highest BCUT2D eigenvalue weighted by Crippen LogP contribution is 2.52. The van der Waals surface area contributed by atoms with Crippen LogP contribution in [0, 0.1) is 17.8 Å². The molecule has 2 fully saturated rings. The van der Waals surface area contributed by atoms with Crippen LogP contribution in [-0.4, -0.2) is 36.1 Å². The minimum atomic E-state index is -0.666. The number of anilines is 1. The second kappa shape index (κ2) is 7.36. The van der Waals surface area contributed by atoms with Crippen LogP contribution in [0.4, 0.5) is 5.69 Å². The summed E-state index contributed by atoms with van der Waals surface area (Å²) in [6.45, 7) is 6.95. The maximum Gasteiger partial charge on any atom is 0.234 e. The van der Waals surface area contributed by atoms with E-state index < -0.39 is 17.4 Å². The molecule has 5 nitrogen and oxygen atoms in total. The molecule has 28 heavy (non-hydrogen) atoms. The Kier molecular flexibility index (Phi) is 5.04. The molecule has 0 aromatic heterocycles. The van der Waals surface area contributed by atoms with E-state index in [1.165, 1.54) is 0 Å². The van der Waals surface area contributed by atoms with Crippen molar-refractivity contribution in [2.75, 3.05) is 11.4 Å². The summed E-state index contributed by atoms with van der Waals surface area (Å²) in [5.41, 5.74) is 0.193. The van der Waals surface area contributed by atoms with Crippen LogP contribution in [0.2, 0.25) is 0 Å². The number of carbonyl (C=O) groups excluding carboxylic acids is 2.